The summed E-state index contributed by atoms with van der Waals surface area (Å²) in [6.45, 7) is 0.502. The lowest BCUT2D eigenvalue weighted by molar-refractivity contribution is -0.137. The summed E-state index contributed by atoms with van der Waals surface area (Å²) in [5.74, 6) is -0.858. The molecule has 5 nitrogen and oxygen atoms in total. The molecule has 1 amide bonds. The summed E-state index contributed by atoms with van der Waals surface area (Å²) in [7, 11) is 0. The van der Waals surface area contributed by atoms with Crippen molar-refractivity contribution in [3.05, 3.63) is 16.6 Å². The maximum atomic E-state index is 11.3. The van der Waals surface area contributed by atoms with Gasteiger partial charge < -0.3 is 10.4 Å². The molecule has 0 aliphatic rings. The third-order valence-corrected chi connectivity index (χ3v) is 2.77. The van der Waals surface area contributed by atoms with Gasteiger partial charge in [0, 0.05) is 23.9 Å². The van der Waals surface area contributed by atoms with Crippen LogP contribution in [0.3, 0.4) is 0 Å². The van der Waals surface area contributed by atoms with Gasteiger partial charge in [-0.2, -0.15) is 0 Å². The summed E-state index contributed by atoms with van der Waals surface area (Å²) in [5, 5.41) is 11.2. The van der Waals surface area contributed by atoms with Gasteiger partial charge in [-0.1, -0.05) is 0 Å². The molecule has 16 heavy (non-hydrogen) atoms. The Balaban J connectivity index is 2.05. The average Bonchev–Trinajstić information content (AvgIpc) is 2.74. The van der Waals surface area contributed by atoms with Crippen molar-refractivity contribution >= 4 is 23.2 Å². The Morgan fingerprint density at radius 2 is 2.12 bits per heavy atom. The van der Waals surface area contributed by atoms with Gasteiger partial charge in [-0.25, -0.2) is 0 Å². The highest BCUT2D eigenvalue weighted by Gasteiger charge is 2.03. The lowest BCUT2D eigenvalue weighted by Crippen LogP contribution is -2.21. The number of carbonyl (C=O) groups excluding carboxylic acids is 1. The van der Waals surface area contributed by atoms with Gasteiger partial charge in [0.25, 0.3) is 0 Å². The minimum atomic E-state index is -0.815. The first-order chi connectivity index (χ1) is 7.68. The van der Waals surface area contributed by atoms with E-state index < -0.39 is 5.97 Å². The predicted octanol–water partition coefficient (Wildman–Crippen LogP) is 1.40. The molecule has 1 aromatic heterocycles. The van der Waals surface area contributed by atoms with E-state index in [0.29, 0.717) is 25.8 Å². The molecule has 2 N–H and O–H groups in total. The Hall–Kier alpha value is -1.43. The lowest BCUT2D eigenvalue weighted by Gasteiger charge is -2.02. The van der Waals surface area contributed by atoms with Crippen LogP contribution in [-0.4, -0.2) is 22.0 Å². The van der Waals surface area contributed by atoms with E-state index in [4.69, 9.17) is 5.11 Å². The maximum Gasteiger partial charge on any atom is 0.303 e. The number of carboxylic acid groups (broad SMARTS) is 1. The number of hydrogen-bond donors (Lipinski definition) is 2. The molecular formula is C10H14N2O3S. The first-order valence-corrected chi connectivity index (χ1v) is 5.92. The van der Waals surface area contributed by atoms with E-state index in [1.807, 2.05) is 0 Å². The minimum Gasteiger partial charge on any atom is -0.481 e. The van der Waals surface area contributed by atoms with Gasteiger partial charge in [-0.05, 0) is 12.8 Å². The summed E-state index contributed by atoms with van der Waals surface area (Å²) in [5.41, 5.74) is 1.72. The number of aliphatic carboxylic acids is 1. The fraction of sp³-hybridized carbons (Fsp3) is 0.500. The summed E-state index contributed by atoms with van der Waals surface area (Å²) in [6, 6.07) is 0. The summed E-state index contributed by atoms with van der Waals surface area (Å²) >= 11 is 1.49. The predicted molar refractivity (Wildman–Crippen MR) is 60.1 cm³/mol. The van der Waals surface area contributed by atoms with Crippen molar-refractivity contribution in [2.45, 2.75) is 32.2 Å². The van der Waals surface area contributed by atoms with E-state index in [9.17, 15) is 9.59 Å². The molecule has 0 atom stereocenters. The minimum absolute atomic E-state index is 0.0428. The molecule has 0 fully saturated rings. The van der Waals surface area contributed by atoms with Gasteiger partial charge in [-0.3, -0.25) is 14.6 Å². The largest absolute Gasteiger partial charge is 0.481 e. The van der Waals surface area contributed by atoms with E-state index >= 15 is 0 Å². The second-order valence-electron chi connectivity index (χ2n) is 3.35. The van der Waals surface area contributed by atoms with Crippen LogP contribution in [0.5, 0.6) is 0 Å². The van der Waals surface area contributed by atoms with Gasteiger partial charge in [0.15, 0.2) is 0 Å². The molecule has 6 heteroatoms. The molecule has 0 aliphatic heterocycles. The first kappa shape index (κ1) is 12.6. The van der Waals surface area contributed by atoms with E-state index in [1.165, 1.54) is 11.3 Å². The number of aromatic nitrogens is 1. The molecule has 0 unspecified atom stereocenters. The zero-order chi connectivity index (χ0) is 11.8. The van der Waals surface area contributed by atoms with Crippen LogP contribution in [0, 0.1) is 0 Å². The van der Waals surface area contributed by atoms with E-state index in [2.05, 4.69) is 10.3 Å². The summed E-state index contributed by atoms with van der Waals surface area (Å²) in [6.07, 6.45) is 3.38. The number of thiazole rings is 1. The Kier molecular flexibility index (Phi) is 5.49. The number of amides is 1. The zero-order valence-corrected chi connectivity index (χ0v) is 9.63. The van der Waals surface area contributed by atoms with Crippen molar-refractivity contribution in [3.63, 3.8) is 0 Å². The number of hydrogen-bond acceptors (Lipinski definition) is 4. The van der Waals surface area contributed by atoms with Crippen LogP contribution in [0.25, 0.3) is 0 Å². The Bertz CT molecular complexity index is 338. The second kappa shape index (κ2) is 6.95. The first-order valence-electron chi connectivity index (χ1n) is 5.04. The standard InChI is InChI=1S/C10H14N2O3S/c13-9(3-1-2-4-10(14)15)12-6-8-5-11-7-16-8/h5,7H,1-4,6H2,(H,12,13)(H,14,15). The van der Waals surface area contributed by atoms with Crippen molar-refractivity contribution in [2.75, 3.05) is 0 Å². The molecule has 0 radical (unpaired) electrons. The number of nitrogens with one attached hydrogen (secondary N) is 1. The van der Waals surface area contributed by atoms with Crippen LogP contribution in [0.4, 0.5) is 0 Å². The fourth-order valence-electron chi connectivity index (χ4n) is 1.17. The number of unbranched alkanes of at least 4 members (excludes halogenated alkanes) is 1. The van der Waals surface area contributed by atoms with Crippen molar-refractivity contribution in [2.24, 2.45) is 0 Å². The molecular weight excluding hydrogens is 228 g/mol. The number of carboxylic acids is 1. The average molecular weight is 242 g/mol. The molecule has 1 aromatic rings. The molecule has 0 aromatic carbocycles. The van der Waals surface area contributed by atoms with E-state index in [0.717, 1.165) is 4.88 Å². The highest BCUT2D eigenvalue weighted by atomic mass is 32.1. The maximum absolute atomic E-state index is 11.3. The van der Waals surface area contributed by atoms with Crippen LogP contribution in [0.1, 0.15) is 30.6 Å². The smallest absolute Gasteiger partial charge is 0.303 e. The zero-order valence-electron chi connectivity index (χ0n) is 8.81. The van der Waals surface area contributed by atoms with E-state index in [-0.39, 0.29) is 12.3 Å². The van der Waals surface area contributed by atoms with Crippen LogP contribution in [-0.2, 0) is 16.1 Å². The third-order valence-electron chi connectivity index (χ3n) is 1.99. The van der Waals surface area contributed by atoms with Crippen molar-refractivity contribution < 1.29 is 14.7 Å². The monoisotopic (exact) mass is 242 g/mol. The molecule has 0 saturated carbocycles. The topological polar surface area (TPSA) is 79.3 Å². The second-order valence-corrected chi connectivity index (χ2v) is 4.32. The van der Waals surface area contributed by atoms with Crippen LogP contribution < -0.4 is 5.32 Å². The molecule has 0 aliphatic carbocycles. The molecule has 0 bridgehead atoms. The highest BCUT2D eigenvalue weighted by Crippen LogP contribution is 2.05. The van der Waals surface area contributed by atoms with Gasteiger partial charge in [-0.15, -0.1) is 11.3 Å². The van der Waals surface area contributed by atoms with Crippen LogP contribution in [0.2, 0.25) is 0 Å². The molecule has 0 saturated heterocycles. The Labute approximate surface area is 97.5 Å². The Morgan fingerprint density at radius 3 is 2.75 bits per heavy atom. The number of rotatable bonds is 7. The summed E-state index contributed by atoms with van der Waals surface area (Å²) in [4.78, 5) is 26.4. The number of carbonyl (C=O) groups is 2. The van der Waals surface area contributed by atoms with Crippen molar-refractivity contribution in [1.82, 2.24) is 10.3 Å². The van der Waals surface area contributed by atoms with Crippen molar-refractivity contribution in [3.8, 4) is 0 Å². The summed E-state index contributed by atoms with van der Waals surface area (Å²) < 4.78 is 0. The molecule has 0 spiro atoms. The molecule has 1 rings (SSSR count). The normalized spacial score (nSPS) is 10.0. The van der Waals surface area contributed by atoms with Crippen LogP contribution in [0.15, 0.2) is 11.7 Å². The Morgan fingerprint density at radius 1 is 1.38 bits per heavy atom. The van der Waals surface area contributed by atoms with Gasteiger partial charge in [0.1, 0.15) is 0 Å². The van der Waals surface area contributed by atoms with Crippen molar-refractivity contribution in [1.29, 1.82) is 0 Å². The van der Waals surface area contributed by atoms with Crippen LogP contribution >= 0.6 is 11.3 Å². The quantitative estimate of drug-likeness (QED) is 0.708. The SMILES string of the molecule is O=C(O)CCCCC(=O)NCc1cncs1. The van der Waals surface area contributed by atoms with Gasteiger partial charge in [0.05, 0.1) is 12.1 Å². The molecule has 1 heterocycles. The third kappa shape index (κ3) is 5.45. The van der Waals surface area contributed by atoms with Gasteiger partial charge in [0.2, 0.25) is 5.91 Å². The van der Waals surface area contributed by atoms with Gasteiger partial charge >= 0.3 is 5.97 Å². The highest BCUT2D eigenvalue weighted by molar-refractivity contribution is 7.09. The number of nitrogens with zero attached hydrogens (tertiary/aromatic N) is 1. The lowest BCUT2D eigenvalue weighted by atomic mass is 10.2. The molecule has 88 valence electrons. The fourth-order valence-corrected chi connectivity index (χ4v) is 1.70. The van der Waals surface area contributed by atoms with E-state index in [1.54, 1.807) is 11.7 Å².